The van der Waals surface area contributed by atoms with Crippen molar-refractivity contribution in [2.45, 2.75) is 20.5 Å². The lowest BCUT2D eigenvalue weighted by molar-refractivity contribution is 0.286. The van der Waals surface area contributed by atoms with Crippen molar-refractivity contribution >= 4 is 15.9 Å². The van der Waals surface area contributed by atoms with Crippen LogP contribution in [0.15, 0.2) is 27.5 Å². The highest BCUT2D eigenvalue weighted by Crippen LogP contribution is 2.26. The minimum absolute atomic E-state index is 0.316. The van der Waals surface area contributed by atoms with Crippen molar-refractivity contribution in [2.24, 2.45) is 0 Å². The molecule has 84 valence electrons. The Kier molecular flexibility index (Phi) is 3.24. The Bertz CT molecular complexity index is 460. The van der Waals surface area contributed by atoms with Crippen LogP contribution in [0.1, 0.15) is 17.0 Å². The first kappa shape index (κ1) is 11.1. The quantitative estimate of drug-likeness (QED) is 0.868. The fraction of sp³-hybridized carbons (Fsp3) is 0.273. The van der Waals surface area contributed by atoms with Gasteiger partial charge >= 0.3 is 0 Å². The second kappa shape index (κ2) is 4.65. The van der Waals surface area contributed by atoms with Crippen LogP contribution in [0.4, 0.5) is 0 Å². The summed E-state index contributed by atoms with van der Waals surface area (Å²) in [6.45, 7) is 4.37. The minimum Gasteiger partial charge on any atom is -0.485 e. The summed E-state index contributed by atoms with van der Waals surface area (Å²) in [7, 11) is 0. The zero-order chi connectivity index (χ0) is 11.5. The van der Waals surface area contributed by atoms with Crippen LogP contribution in [0.2, 0.25) is 0 Å². The molecule has 0 unspecified atom stereocenters. The third-order valence-corrected chi connectivity index (χ3v) is 3.44. The Morgan fingerprint density at radius 1 is 1.31 bits per heavy atom. The fourth-order valence-electron chi connectivity index (χ4n) is 1.39. The fourth-order valence-corrected chi connectivity index (χ4v) is 1.62. The van der Waals surface area contributed by atoms with Crippen molar-refractivity contribution in [1.82, 2.24) is 10.1 Å². The maximum atomic E-state index is 5.56. The second-order valence-electron chi connectivity index (χ2n) is 3.51. The number of hydrogen-bond donors (Lipinski definition) is 0. The molecule has 4 nitrogen and oxygen atoms in total. The van der Waals surface area contributed by atoms with Crippen LogP contribution in [-0.4, -0.2) is 10.1 Å². The predicted octanol–water partition coefficient (Wildman–Crippen LogP) is 3.03. The van der Waals surface area contributed by atoms with Gasteiger partial charge in [0.05, 0.1) is 0 Å². The molecular formula is C11H11BrN2O2. The molecule has 1 heterocycles. The Labute approximate surface area is 102 Å². The number of hydrogen-bond acceptors (Lipinski definition) is 4. The van der Waals surface area contributed by atoms with Gasteiger partial charge in [0.15, 0.2) is 6.61 Å². The van der Waals surface area contributed by atoms with Gasteiger partial charge in [0.1, 0.15) is 5.75 Å². The first-order valence-corrected chi connectivity index (χ1v) is 5.61. The van der Waals surface area contributed by atoms with E-state index in [0.29, 0.717) is 12.4 Å². The lowest BCUT2D eigenvalue weighted by atomic mass is 10.1. The van der Waals surface area contributed by atoms with Crippen LogP contribution in [0, 0.1) is 13.8 Å². The molecule has 0 bridgehead atoms. The van der Waals surface area contributed by atoms with E-state index in [1.165, 1.54) is 6.39 Å². The molecule has 0 atom stereocenters. The molecule has 0 radical (unpaired) electrons. The molecule has 0 aliphatic rings. The van der Waals surface area contributed by atoms with Gasteiger partial charge in [-0.05, 0) is 37.1 Å². The summed E-state index contributed by atoms with van der Waals surface area (Å²) in [5.41, 5.74) is 2.28. The van der Waals surface area contributed by atoms with E-state index in [9.17, 15) is 0 Å². The number of nitrogens with zero attached hydrogens (tertiary/aromatic N) is 2. The van der Waals surface area contributed by atoms with Crippen molar-refractivity contribution in [1.29, 1.82) is 0 Å². The number of aryl methyl sites for hydroxylation is 2. The van der Waals surface area contributed by atoms with Crippen LogP contribution in [-0.2, 0) is 6.61 Å². The van der Waals surface area contributed by atoms with Crippen LogP contribution in [0.25, 0.3) is 0 Å². The normalized spacial score (nSPS) is 10.4. The molecule has 1 aromatic heterocycles. The van der Waals surface area contributed by atoms with Crippen LogP contribution in [0.5, 0.6) is 5.75 Å². The molecule has 0 saturated heterocycles. The van der Waals surface area contributed by atoms with Crippen molar-refractivity contribution in [3.8, 4) is 5.75 Å². The number of aromatic nitrogens is 2. The van der Waals surface area contributed by atoms with Crippen molar-refractivity contribution in [3.05, 3.63) is 40.0 Å². The van der Waals surface area contributed by atoms with E-state index >= 15 is 0 Å². The van der Waals surface area contributed by atoms with Crippen molar-refractivity contribution < 1.29 is 9.26 Å². The molecule has 0 spiro atoms. The van der Waals surface area contributed by atoms with Crippen molar-refractivity contribution in [2.75, 3.05) is 0 Å². The number of ether oxygens (including phenoxy) is 1. The summed E-state index contributed by atoms with van der Waals surface area (Å²) < 4.78 is 11.3. The lowest BCUT2D eigenvalue weighted by Gasteiger charge is -2.08. The van der Waals surface area contributed by atoms with E-state index in [0.717, 1.165) is 21.3 Å². The molecule has 0 fully saturated rings. The standard InChI is InChI=1S/C11H11BrN2O2/c1-7-3-9(4-8(2)11(7)12)15-5-10-13-6-16-14-10/h3-4,6H,5H2,1-2H3. The molecule has 2 rings (SSSR count). The summed E-state index contributed by atoms with van der Waals surface area (Å²) in [6, 6.07) is 3.94. The first-order chi connectivity index (χ1) is 7.66. The summed E-state index contributed by atoms with van der Waals surface area (Å²) in [6.07, 6.45) is 1.29. The first-order valence-electron chi connectivity index (χ1n) is 4.81. The van der Waals surface area contributed by atoms with Gasteiger partial charge in [-0.3, -0.25) is 0 Å². The molecule has 16 heavy (non-hydrogen) atoms. The summed E-state index contributed by atoms with van der Waals surface area (Å²) >= 11 is 3.51. The Morgan fingerprint density at radius 3 is 2.56 bits per heavy atom. The number of halogens is 1. The summed E-state index contributed by atoms with van der Waals surface area (Å²) in [5.74, 6) is 1.35. The monoisotopic (exact) mass is 282 g/mol. The highest BCUT2D eigenvalue weighted by molar-refractivity contribution is 9.10. The maximum absolute atomic E-state index is 5.56. The van der Waals surface area contributed by atoms with E-state index in [4.69, 9.17) is 4.74 Å². The van der Waals surface area contributed by atoms with Gasteiger partial charge in [-0.15, -0.1) is 0 Å². The van der Waals surface area contributed by atoms with Gasteiger partial charge < -0.3 is 9.26 Å². The van der Waals surface area contributed by atoms with E-state index in [1.54, 1.807) is 0 Å². The van der Waals surface area contributed by atoms with Crippen LogP contribution < -0.4 is 4.74 Å². The van der Waals surface area contributed by atoms with Gasteiger partial charge in [0, 0.05) is 4.47 Å². The molecule has 0 amide bonds. The van der Waals surface area contributed by atoms with Gasteiger partial charge in [-0.2, -0.15) is 4.98 Å². The highest BCUT2D eigenvalue weighted by Gasteiger charge is 2.04. The SMILES string of the molecule is Cc1cc(OCc2ncon2)cc(C)c1Br. The molecule has 0 saturated carbocycles. The molecular weight excluding hydrogens is 272 g/mol. The number of benzene rings is 1. The van der Waals surface area contributed by atoms with Gasteiger partial charge in [0.2, 0.25) is 12.2 Å². The van der Waals surface area contributed by atoms with E-state index in [2.05, 4.69) is 30.6 Å². The van der Waals surface area contributed by atoms with E-state index in [-0.39, 0.29) is 0 Å². The second-order valence-corrected chi connectivity index (χ2v) is 4.30. The van der Waals surface area contributed by atoms with Crippen LogP contribution >= 0.6 is 15.9 Å². The zero-order valence-electron chi connectivity index (χ0n) is 9.03. The third-order valence-electron chi connectivity index (χ3n) is 2.18. The molecule has 2 aromatic rings. The minimum atomic E-state index is 0.316. The smallest absolute Gasteiger partial charge is 0.213 e. The Morgan fingerprint density at radius 2 is 2.00 bits per heavy atom. The number of rotatable bonds is 3. The highest BCUT2D eigenvalue weighted by atomic mass is 79.9. The lowest BCUT2D eigenvalue weighted by Crippen LogP contribution is -1.98. The topological polar surface area (TPSA) is 48.2 Å². The van der Waals surface area contributed by atoms with E-state index < -0.39 is 0 Å². The van der Waals surface area contributed by atoms with Crippen molar-refractivity contribution in [3.63, 3.8) is 0 Å². The van der Waals surface area contributed by atoms with E-state index in [1.807, 2.05) is 26.0 Å². The average Bonchev–Trinajstić information content (AvgIpc) is 2.75. The molecule has 0 N–H and O–H groups in total. The Balaban J connectivity index is 2.10. The molecule has 0 aliphatic heterocycles. The maximum Gasteiger partial charge on any atom is 0.213 e. The van der Waals surface area contributed by atoms with Gasteiger partial charge in [-0.1, -0.05) is 21.1 Å². The molecule has 0 aliphatic carbocycles. The molecule has 1 aromatic carbocycles. The predicted molar refractivity (Wildman–Crippen MR) is 62.2 cm³/mol. The summed E-state index contributed by atoms with van der Waals surface area (Å²) in [4.78, 5) is 3.88. The Hall–Kier alpha value is -1.36. The zero-order valence-corrected chi connectivity index (χ0v) is 10.6. The third kappa shape index (κ3) is 2.41. The van der Waals surface area contributed by atoms with Gasteiger partial charge in [0.25, 0.3) is 0 Å². The summed E-state index contributed by atoms with van der Waals surface area (Å²) in [5, 5.41) is 3.67. The molecule has 5 heteroatoms. The van der Waals surface area contributed by atoms with Crippen LogP contribution in [0.3, 0.4) is 0 Å². The average molecular weight is 283 g/mol. The largest absolute Gasteiger partial charge is 0.485 e. The van der Waals surface area contributed by atoms with Gasteiger partial charge in [-0.25, -0.2) is 0 Å².